The second-order valence-electron chi connectivity index (χ2n) is 6.81. The predicted molar refractivity (Wildman–Crippen MR) is 111 cm³/mol. The minimum Gasteiger partial charge on any atom is -0.325 e. The monoisotopic (exact) mass is 419 g/mol. The zero-order valence-corrected chi connectivity index (χ0v) is 17.4. The molecule has 2 aromatic rings. The third-order valence-electron chi connectivity index (χ3n) is 4.51. The molecule has 0 radical (unpaired) electrons. The largest absolute Gasteiger partial charge is 0.325 e. The van der Waals surface area contributed by atoms with Gasteiger partial charge in [-0.3, -0.25) is 4.79 Å². The lowest BCUT2D eigenvalue weighted by molar-refractivity contribution is -0.115. The number of pyridine rings is 1. The van der Waals surface area contributed by atoms with Crippen LogP contribution >= 0.6 is 35.0 Å². The first-order valence-electron chi connectivity index (χ1n) is 8.72. The van der Waals surface area contributed by atoms with Crippen molar-refractivity contribution in [3.8, 4) is 6.07 Å². The number of carbonyl (C=O) groups excluding carboxylic acids is 1. The lowest BCUT2D eigenvalue weighted by Gasteiger charge is -2.22. The molecular weight excluding hydrogens is 401 g/mol. The summed E-state index contributed by atoms with van der Waals surface area (Å²) in [5.74, 6) is 0.411. The number of aryl methyl sites for hydroxylation is 1. The van der Waals surface area contributed by atoms with E-state index in [2.05, 4.69) is 18.3 Å². The number of carbonyl (C=O) groups is 1. The molecule has 1 aromatic carbocycles. The van der Waals surface area contributed by atoms with E-state index < -0.39 is 5.25 Å². The normalized spacial score (nSPS) is 16.9. The van der Waals surface area contributed by atoms with E-state index in [1.165, 1.54) is 11.8 Å². The number of benzene rings is 1. The number of nitrogens with one attached hydrogen (secondary N) is 1. The SMILES string of the molecule is CC1CCc2nc(SC(C)C(=O)Nc3cc(Cl)cc(Cl)c3)c(C#N)cc2C1. The van der Waals surface area contributed by atoms with Gasteiger partial charge in [0.25, 0.3) is 0 Å². The Kier molecular flexibility index (Phi) is 6.31. The van der Waals surface area contributed by atoms with Crippen molar-refractivity contribution < 1.29 is 4.79 Å². The molecule has 0 spiro atoms. The molecule has 0 fully saturated rings. The topological polar surface area (TPSA) is 65.8 Å². The molecule has 1 aromatic heterocycles. The van der Waals surface area contributed by atoms with Crippen molar-refractivity contribution in [2.75, 3.05) is 5.32 Å². The van der Waals surface area contributed by atoms with Crippen molar-refractivity contribution in [2.24, 2.45) is 5.92 Å². The Labute approximate surface area is 173 Å². The van der Waals surface area contributed by atoms with E-state index >= 15 is 0 Å². The number of amides is 1. The highest BCUT2D eigenvalue weighted by atomic mass is 35.5. The van der Waals surface area contributed by atoms with Crippen LogP contribution in [0.2, 0.25) is 10.0 Å². The molecule has 1 N–H and O–H groups in total. The van der Waals surface area contributed by atoms with E-state index in [4.69, 9.17) is 28.2 Å². The molecule has 0 saturated carbocycles. The summed E-state index contributed by atoms with van der Waals surface area (Å²) < 4.78 is 0. The van der Waals surface area contributed by atoms with Crippen molar-refractivity contribution in [2.45, 2.75) is 43.4 Å². The predicted octanol–water partition coefficient (Wildman–Crippen LogP) is 5.50. The van der Waals surface area contributed by atoms with Gasteiger partial charge in [-0.15, -0.1) is 0 Å². The van der Waals surface area contributed by atoms with Gasteiger partial charge in [-0.2, -0.15) is 5.26 Å². The molecule has 2 unspecified atom stereocenters. The van der Waals surface area contributed by atoms with Crippen LogP contribution in [0.1, 0.15) is 37.1 Å². The number of aromatic nitrogens is 1. The standard InChI is InChI=1S/C20H19Cl2N3OS/c1-11-3-4-18-13(5-11)6-14(10-23)20(25-18)27-12(2)19(26)24-17-8-15(21)7-16(22)9-17/h6-9,11-12H,3-5H2,1-2H3,(H,24,26). The van der Waals surface area contributed by atoms with E-state index in [1.54, 1.807) is 25.1 Å². The van der Waals surface area contributed by atoms with Crippen molar-refractivity contribution in [1.29, 1.82) is 5.26 Å². The Morgan fingerprint density at radius 1 is 1.33 bits per heavy atom. The van der Waals surface area contributed by atoms with Crippen LogP contribution in [-0.4, -0.2) is 16.1 Å². The van der Waals surface area contributed by atoms with Gasteiger partial charge in [-0.1, -0.05) is 41.9 Å². The van der Waals surface area contributed by atoms with Crippen LogP contribution in [0, 0.1) is 17.2 Å². The minimum atomic E-state index is -0.428. The Balaban J connectivity index is 1.76. The molecule has 0 saturated heterocycles. The van der Waals surface area contributed by atoms with Gasteiger partial charge in [0.2, 0.25) is 5.91 Å². The lowest BCUT2D eigenvalue weighted by Crippen LogP contribution is -2.23. The molecule has 7 heteroatoms. The maximum Gasteiger partial charge on any atom is 0.237 e. The van der Waals surface area contributed by atoms with Gasteiger partial charge in [0, 0.05) is 21.4 Å². The molecule has 27 heavy (non-hydrogen) atoms. The molecule has 2 atom stereocenters. The van der Waals surface area contributed by atoms with Gasteiger partial charge < -0.3 is 5.32 Å². The summed E-state index contributed by atoms with van der Waals surface area (Å²) in [7, 11) is 0. The Hall–Kier alpha value is -1.74. The van der Waals surface area contributed by atoms with Crippen LogP contribution in [0.15, 0.2) is 29.3 Å². The quantitative estimate of drug-likeness (QED) is 0.663. The van der Waals surface area contributed by atoms with E-state index in [-0.39, 0.29) is 5.91 Å². The number of hydrogen-bond donors (Lipinski definition) is 1. The second kappa shape index (κ2) is 8.52. The smallest absolute Gasteiger partial charge is 0.237 e. The van der Waals surface area contributed by atoms with Crippen LogP contribution in [0.4, 0.5) is 5.69 Å². The Morgan fingerprint density at radius 2 is 2.04 bits per heavy atom. The van der Waals surface area contributed by atoms with Crippen LogP contribution in [0.25, 0.3) is 0 Å². The zero-order valence-electron chi connectivity index (χ0n) is 15.1. The van der Waals surface area contributed by atoms with Crippen molar-refractivity contribution >= 4 is 46.6 Å². The Bertz CT molecular complexity index is 906. The first kappa shape index (κ1) is 20.0. The second-order valence-corrected chi connectivity index (χ2v) is 9.02. The molecule has 140 valence electrons. The number of hydrogen-bond acceptors (Lipinski definition) is 4. The average molecular weight is 420 g/mol. The third-order valence-corrected chi connectivity index (χ3v) is 6.05. The highest BCUT2D eigenvalue weighted by molar-refractivity contribution is 8.00. The van der Waals surface area contributed by atoms with Gasteiger partial charge in [0.15, 0.2) is 0 Å². The first-order chi connectivity index (χ1) is 12.9. The van der Waals surface area contributed by atoms with Crippen LogP contribution < -0.4 is 5.32 Å². The van der Waals surface area contributed by atoms with Crippen LogP contribution in [0.3, 0.4) is 0 Å². The summed E-state index contributed by atoms with van der Waals surface area (Å²) in [4.78, 5) is 17.2. The molecule has 1 aliphatic rings. The number of anilines is 1. The molecule has 4 nitrogen and oxygen atoms in total. The summed E-state index contributed by atoms with van der Waals surface area (Å²) in [6.07, 6.45) is 2.96. The number of nitriles is 1. The number of thioether (sulfide) groups is 1. The highest BCUT2D eigenvalue weighted by Gasteiger charge is 2.22. The number of nitrogens with zero attached hydrogens (tertiary/aromatic N) is 2. The number of fused-ring (bicyclic) bond motifs is 1. The average Bonchev–Trinajstić information content (AvgIpc) is 2.60. The minimum absolute atomic E-state index is 0.199. The van der Waals surface area contributed by atoms with Gasteiger partial charge in [-0.05, 0) is 61.9 Å². The molecule has 1 amide bonds. The van der Waals surface area contributed by atoms with Gasteiger partial charge in [0.05, 0.1) is 10.8 Å². The molecule has 1 aliphatic carbocycles. The van der Waals surface area contributed by atoms with Gasteiger partial charge in [-0.25, -0.2) is 4.98 Å². The molecule has 0 aliphatic heterocycles. The van der Waals surface area contributed by atoms with E-state index in [0.717, 1.165) is 30.5 Å². The molecule has 0 bridgehead atoms. The Morgan fingerprint density at radius 3 is 2.70 bits per heavy atom. The molecule has 1 heterocycles. The first-order valence-corrected chi connectivity index (χ1v) is 10.4. The van der Waals surface area contributed by atoms with Crippen LogP contribution in [-0.2, 0) is 17.6 Å². The summed E-state index contributed by atoms with van der Waals surface area (Å²) in [6, 6.07) is 9.04. The maximum atomic E-state index is 12.5. The number of rotatable bonds is 4. The van der Waals surface area contributed by atoms with Gasteiger partial charge >= 0.3 is 0 Å². The van der Waals surface area contributed by atoms with Crippen molar-refractivity contribution in [1.82, 2.24) is 4.98 Å². The van der Waals surface area contributed by atoms with Crippen molar-refractivity contribution in [3.05, 3.63) is 51.1 Å². The van der Waals surface area contributed by atoms with Crippen molar-refractivity contribution in [3.63, 3.8) is 0 Å². The van der Waals surface area contributed by atoms with Gasteiger partial charge in [0.1, 0.15) is 11.1 Å². The lowest BCUT2D eigenvalue weighted by atomic mass is 9.87. The third kappa shape index (κ3) is 4.95. The van der Waals surface area contributed by atoms with Crippen LogP contribution in [0.5, 0.6) is 0 Å². The zero-order chi connectivity index (χ0) is 19.6. The summed E-state index contributed by atoms with van der Waals surface area (Å²) in [6.45, 7) is 4.00. The fourth-order valence-corrected chi connectivity index (χ4v) is 4.51. The summed E-state index contributed by atoms with van der Waals surface area (Å²) in [5.41, 5.74) is 3.26. The molecule has 3 rings (SSSR count). The fraction of sp³-hybridized carbons (Fsp3) is 0.350. The van der Waals surface area contributed by atoms with E-state index in [9.17, 15) is 10.1 Å². The summed E-state index contributed by atoms with van der Waals surface area (Å²) >= 11 is 13.2. The summed E-state index contributed by atoms with van der Waals surface area (Å²) in [5, 5.41) is 13.4. The van der Waals surface area contributed by atoms with E-state index in [1.807, 2.05) is 6.07 Å². The fourth-order valence-electron chi connectivity index (χ4n) is 3.09. The number of halogens is 2. The highest BCUT2D eigenvalue weighted by Crippen LogP contribution is 2.32. The van der Waals surface area contributed by atoms with E-state index in [0.29, 0.717) is 32.2 Å². The maximum absolute atomic E-state index is 12.5. The molecular formula is C20H19Cl2N3OS.